The van der Waals surface area contributed by atoms with Gasteiger partial charge in [0.2, 0.25) is 0 Å². The molecular formula is C28H27NO. The van der Waals surface area contributed by atoms with Crippen LogP contribution >= 0.6 is 0 Å². The van der Waals surface area contributed by atoms with Crippen molar-refractivity contribution in [3.63, 3.8) is 0 Å². The zero-order valence-electron chi connectivity index (χ0n) is 17.6. The number of aromatic nitrogens is 1. The molecule has 3 unspecified atom stereocenters. The number of hydrogen-bond acceptors (Lipinski definition) is 1. The predicted octanol–water partition coefficient (Wildman–Crippen LogP) is 6.94. The lowest BCUT2D eigenvalue weighted by molar-refractivity contribution is -0.0707. The maximum Gasteiger partial charge on any atom is 0.0962 e. The number of rotatable bonds is 1. The van der Waals surface area contributed by atoms with Crippen molar-refractivity contribution in [2.45, 2.75) is 50.2 Å². The van der Waals surface area contributed by atoms with E-state index in [0.717, 1.165) is 19.3 Å². The Kier molecular flexibility index (Phi) is 3.79. The van der Waals surface area contributed by atoms with E-state index in [1.165, 1.54) is 38.9 Å². The molecule has 0 amide bonds. The highest BCUT2D eigenvalue weighted by atomic mass is 16.5. The summed E-state index contributed by atoms with van der Waals surface area (Å²) >= 11 is 0. The summed E-state index contributed by atoms with van der Waals surface area (Å²) in [6.07, 6.45) is 14.6. The van der Waals surface area contributed by atoms with Gasteiger partial charge in [0, 0.05) is 27.6 Å². The van der Waals surface area contributed by atoms with Crippen LogP contribution in [0.1, 0.15) is 44.4 Å². The number of nitrogens with one attached hydrogen (secondary N) is 1. The normalized spacial score (nSPS) is 29.7. The molecule has 6 rings (SSSR count). The molecule has 1 aromatic heterocycles. The van der Waals surface area contributed by atoms with Crippen molar-refractivity contribution < 1.29 is 4.74 Å². The lowest BCUT2D eigenvalue weighted by Crippen LogP contribution is -2.43. The number of H-pyrrole nitrogens is 1. The first kappa shape index (κ1) is 18.0. The van der Waals surface area contributed by atoms with Crippen molar-refractivity contribution in [3.05, 3.63) is 90.2 Å². The molecular weight excluding hydrogens is 366 g/mol. The van der Waals surface area contributed by atoms with Gasteiger partial charge < -0.3 is 9.72 Å². The second-order valence-electron chi connectivity index (χ2n) is 9.28. The summed E-state index contributed by atoms with van der Waals surface area (Å²) in [5, 5.41) is 1.31. The molecule has 0 fully saturated rings. The molecule has 150 valence electrons. The smallest absolute Gasteiger partial charge is 0.0962 e. The van der Waals surface area contributed by atoms with E-state index < -0.39 is 0 Å². The van der Waals surface area contributed by atoms with Crippen LogP contribution in [-0.2, 0) is 10.2 Å². The number of allylic oxidation sites excluding steroid dienone is 3. The van der Waals surface area contributed by atoms with Crippen LogP contribution in [0.5, 0.6) is 0 Å². The number of ether oxygens (including phenoxy) is 1. The van der Waals surface area contributed by atoms with Gasteiger partial charge in [0.15, 0.2) is 0 Å². The monoisotopic (exact) mass is 393 g/mol. The minimum Gasteiger partial charge on any atom is -0.366 e. The highest BCUT2D eigenvalue weighted by Gasteiger charge is 2.49. The van der Waals surface area contributed by atoms with Gasteiger partial charge in [0.05, 0.1) is 17.2 Å². The largest absolute Gasteiger partial charge is 0.366 e. The van der Waals surface area contributed by atoms with Gasteiger partial charge in [0.25, 0.3) is 0 Å². The maximum atomic E-state index is 6.92. The van der Waals surface area contributed by atoms with Crippen LogP contribution in [0.4, 0.5) is 0 Å². The molecule has 0 bridgehead atoms. The molecule has 2 heterocycles. The molecule has 2 heteroatoms. The topological polar surface area (TPSA) is 25.0 Å². The molecule has 1 N–H and O–H groups in total. The van der Waals surface area contributed by atoms with Gasteiger partial charge in [0.1, 0.15) is 0 Å². The molecule has 2 aromatic carbocycles. The van der Waals surface area contributed by atoms with Crippen molar-refractivity contribution >= 4 is 16.5 Å². The standard InChI is InChI=1S/C28H27NO/c1-27-17-8-7-16-23(27)30-28(2)18-9-6-15-22(28)26-24(27)21-14-10-13-20(25(21)29-26)19-11-4-3-5-12-19/h3-6,8-15,17,23,29H,7,16,18H2,1-2H3. The Hall–Kier alpha value is -2.84. The summed E-state index contributed by atoms with van der Waals surface area (Å²) in [5.74, 6) is 0. The van der Waals surface area contributed by atoms with Gasteiger partial charge in [-0.1, -0.05) is 78.9 Å². The van der Waals surface area contributed by atoms with Gasteiger partial charge in [-0.2, -0.15) is 0 Å². The highest BCUT2D eigenvalue weighted by molar-refractivity contribution is 6.01. The van der Waals surface area contributed by atoms with E-state index in [9.17, 15) is 0 Å². The van der Waals surface area contributed by atoms with Crippen LogP contribution in [-0.4, -0.2) is 16.7 Å². The Balaban J connectivity index is 1.72. The number of benzene rings is 2. The SMILES string of the molecule is CC12CC=CC=C1c1[nH]c3c(-c4ccccc4)cccc3c1C1(C)C=CCCC1O2. The third kappa shape index (κ3) is 2.40. The molecule has 3 atom stereocenters. The van der Waals surface area contributed by atoms with Crippen LogP contribution in [0.25, 0.3) is 27.6 Å². The first-order valence-corrected chi connectivity index (χ1v) is 11.0. The molecule has 0 radical (unpaired) electrons. The minimum atomic E-state index is -0.301. The van der Waals surface area contributed by atoms with Crippen LogP contribution in [0.15, 0.2) is 78.9 Å². The van der Waals surface area contributed by atoms with Crippen molar-refractivity contribution in [3.8, 4) is 11.1 Å². The fourth-order valence-corrected chi connectivity index (χ4v) is 5.76. The van der Waals surface area contributed by atoms with Crippen molar-refractivity contribution in [1.82, 2.24) is 4.98 Å². The first-order valence-electron chi connectivity index (χ1n) is 11.0. The zero-order chi connectivity index (χ0) is 20.3. The summed E-state index contributed by atoms with van der Waals surface area (Å²) in [6.45, 7) is 4.63. The minimum absolute atomic E-state index is 0.150. The van der Waals surface area contributed by atoms with Gasteiger partial charge in [-0.3, -0.25) is 0 Å². The highest BCUT2D eigenvalue weighted by Crippen LogP contribution is 2.53. The number of aromatic amines is 1. The molecule has 2 aliphatic carbocycles. The van der Waals surface area contributed by atoms with E-state index >= 15 is 0 Å². The molecule has 30 heavy (non-hydrogen) atoms. The summed E-state index contributed by atoms with van der Waals surface area (Å²) in [5.41, 5.74) is 7.20. The Morgan fingerprint density at radius 2 is 1.87 bits per heavy atom. The third-order valence-corrected chi connectivity index (χ3v) is 7.33. The van der Waals surface area contributed by atoms with E-state index in [4.69, 9.17) is 4.74 Å². The van der Waals surface area contributed by atoms with E-state index in [1.54, 1.807) is 0 Å². The summed E-state index contributed by atoms with van der Waals surface area (Å²) in [6, 6.07) is 17.4. The Bertz CT molecular complexity index is 1230. The molecule has 0 saturated carbocycles. The van der Waals surface area contributed by atoms with Crippen molar-refractivity contribution in [2.24, 2.45) is 0 Å². The van der Waals surface area contributed by atoms with Crippen LogP contribution in [0.3, 0.4) is 0 Å². The lowest BCUT2D eigenvalue weighted by atomic mass is 9.71. The molecule has 2 nitrogen and oxygen atoms in total. The number of hydrogen-bond donors (Lipinski definition) is 1. The van der Waals surface area contributed by atoms with Crippen LogP contribution in [0.2, 0.25) is 0 Å². The number of para-hydroxylation sites is 1. The van der Waals surface area contributed by atoms with E-state index in [2.05, 4.69) is 97.7 Å². The zero-order valence-corrected chi connectivity index (χ0v) is 17.6. The van der Waals surface area contributed by atoms with E-state index in [1.807, 2.05) is 0 Å². The molecule has 3 aliphatic rings. The summed E-state index contributed by atoms with van der Waals surface area (Å²) in [7, 11) is 0. The van der Waals surface area contributed by atoms with Crippen molar-refractivity contribution in [1.29, 1.82) is 0 Å². The summed E-state index contributed by atoms with van der Waals surface area (Å²) in [4.78, 5) is 3.89. The van der Waals surface area contributed by atoms with Crippen LogP contribution in [0, 0.1) is 0 Å². The van der Waals surface area contributed by atoms with Crippen LogP contribution < -0.4 is 0 Å². The first-order chi connectivity index (χ1) is 14.6. The summed E-state index contributed by atoms with van der Waals surface area (Å²) < 4.78 is 6.92. The van der Waals surface area contributed by atoms with Gasteiger partial charge in [-0.15, -0.1) is 0 Å². The molecule has 1 aliphatic heterocycles. The van der Waals surface area contributed by atoms with Gasteiger partial charge in [-0.25, -0.2) is 0 Å². The molecule has 0 spiro atoms. The Morgan fingerprint density at radius 3 is 2.73 bits per heavy atom. The number of fused-ring (bicyclic) bond motifs is 7. The van der Waals surface area contributed by atoms with Gasteiger partial charge >= 0.3 is 0 Å². The van der Waals surface area contributed by atoms with Gasteiger partial charge in [-0.05, 0) is 44.2 Å². The van der Waals surface area contributed by atoms with E-state index in [-0.39, 0.29) is 17.1 Å². The predicted molar refractivity (Wildman–Crippen MR) is 124 cm³/mol. The second kappa shape index (κ2) is 6.33. The quantitative estimate of drug-likeness (QED) is 0.445. The lowest BCUT2D eigenvalue weighted by Gasteiger charge is -2.41. The third-order valence-electron chi connectivity index (χ3n) is 7.33. The maximum absolute atomic E-state index is 6.92. The van der Waals surface area contributed by atoms with Crippen molar-refractivity contribution in [2.75, 3.05) is 0 Å². The average Bonchev–Trinajstić information content (AvgIpc) is 3.12. The molecule has 3 aromatic rings. The average molecular weight is 394 g/mol. The Morgan fingerprint density at radius 1 is 1.00 bits per heavy atom. The fourth-order valence-electron chi connectivity index (χ4n) is 5.76. The Labute approximate surface area is 178 Å². The molecule has 0 saturated heterocycles. The second-order valence-corrected chi connectivity index (χ2v) is 9.28. The van der Waals surface area contributed by atoms with E-state index in [0.29, 0.717) is 0 Å². The fraction of sp³-hybridized carbons (Fsp3) is 0.286.